The van der Waals surface area contributed by atoms with Gasteiger partial charge in [0.2, 0.25) is 53.2 Å². The maximum atomic E-state index is 14.8. The summed E-state index contributed by atoms with van der Waals surface area (Å²) in [5.74, 6) is -12.2. The van der Waals surface area contributed by atoms with Gasteiger partial charge in [-0.05, 0) is 68.3 Å². The molecule has 0 radical (unpaired) electrons. The monoisotopic (exact) mass is 1120 g/mol. The number of likely N-dealkylation sites (N-methyl/N-ethyl adjacent to an activating group) is 3. The molecule has 3 saturated heterocycles. The minimum atomic E-state index is -1.60. The number of aliphatic carboxylic acids is 1. The molecule has 1 aromatic carbocycles. The van der Waals surface area contributed by atoms with Gasteiger partial charge in [-0.25, -0.2) is 4.79 Å². The minimum absolute atomic E-state index is 0.0587. The zero-order valence-electron chi connectivity index (χ0n) is 48.4. The highest BCUT2D eigenvalue weighted by molar-refractivity contribution is 5.99. The molecule has 11 atom stereocenters. The van der Waals surface area contributed by atoms with E-state index in [2.05, 4.69) is 21.3 Å². The number of rotatable bonds is 14. The predicted octanol–water partition coefficient (Wildman–Crippen LogP) is 0.723. The van der Waals surface area contributed by atoms with E-state index in [1.54, 1.807) is 85.7 Å². The Bertz CT molecular complexity index is 2420. The van der Waals surface area contributed by atoms with Crippen LogP contribution in [0.4, 0.5) is 0 Å². The molecule has 24 heteroatoms. The number of nitrogens with zero attached hydrogens (tertiary/aromatic N) is 5. The number of carbonyl (C=O) groups excluding carboxylic acids is 11. The quantitative estimate of drug-likeness (QED) is 0.140. The topological polar surface area (TPSA) is 325 Å². The van der Waals surface area contributed by atoms with Crippen LogP contribution in [0.25, 0.3) is 0 Å². The maximum absolute atomic E-state index is 14.8. The molecule has 7 N–H and O–H groups in total. The van der Waals surface area contributed by atoms with Crippen LogP contribution in [0.5, 0.6) is 0 Å². The van der Waals surface area contributed by atoms with Gasteiger partial charge in [-0.3, -0.25) is 52.7 Å². The SMILES string of the molecule is CC[C@@H](C)[C@@H]1NC(=O)[C@H](CCC(N)=O)N(C)C(=O)[C@H](C(C)C)N(C)C(=O)CNC(=O)[C@@H]2CCCN2C(=O)[C@H](Cc2ccccc2)NC(=O)[C@H]([C@H](C)CC)OC(=O)[C@H](CCC(=O)O)N(C)C(=O)[C@H](C(C)C)NC(=O)[C@H]2CCCN2C1=O. The first kappa shape index (κ1) is 65.4. The van der Waals surface area contributed by atoms with E-state index in [0.717, 1.165) is 14.7 Å². The molecule has 10 amide bonds. The molecule has 4 rings (SSSR count). The van der Waals surface area contributed by atoms with Gasteiger partial charge >= 0.3 is 11.9 Å². The Morgan fingerprint density at radius 3 is 1.74 bits per heavy atom. The summed E-state index contributed by atoms with van der Waals surface area (Å²) >= 11 is 0. The van der Waals surface area contributed by atoms with E-state index >= 15 is 0 Å². The second-order valence-corrected chi connectivity index (χ2v) is 22.3. The first-order valence-corrected chi connectivity index (χ1v) is 28.0. The van der Waals surface area contributed by atoms with Crippen molar-refractivity contribution >= 4 is 71.0 Å². The third-order valence-corrected chi connectivity index (χ3v) is 15.9. The summed E-state index contributed by atoms with van der Waals surface area (Å²) < 4.78 is 5.96. The zero-order valence-corrected chi connectivity index (χ0v) is 48.4. The molecular weight excluding hydrogens is 1040 g/mol. The van der Waals surface area contributed by atoms with Crippen LogP contribution in [0.15, 0.2) is 30.3 Å². The normalized spacial score (nSPS) is 27.0. The fourth-order valence-corrected chi connectivity index (χ4v) is 10.5. The number of esters is 1. The number of hydrogen-bond donors (Lipinski definition) is 6. The van der Waals surface area contributed by atoms with Gasteiger partial charge < -0.3 is 61.3 Å². The Labute approximate surface area is 469 Å². The van der Waals surface area contributed by atoms with E-state index in [1.165, 1.54) is 30.9 Å². The Balaban J connectivity index is 1.86. The van der Waals surface area contributed by atoms with Gasteiger partial charge in [-0.15, -0.1) is 0 Å². The van der Waals surface area contributed by atoms with Crippen LogP contribution in [0.3, 0.4) is 0 Å². The molecule has 0 spiro atoms. The van der Waals surface area contributed by atoms with E-state index in [0.29, 0.717) is 24.8 Å². The molecule has 0 saturated carbocycles. The number of amides is 10. The van der Waals surface area contributed by atoms with Gasteiger partial charge in [0.05, 0.1) is 6.54 Å². The van der Waals surface area contributed by atoms with Gasteiger partial charge in [-0.2, -0.15) is 0 Å². The molecular formula is C56H86N10O14. The second kappa shape index (κ2) is 29.9. The molecule has 3 heterocycles. The lowest BCUT2D eigenvalue weighted by Crippen LogP contribution is -2.61. The molecule has 0 unspecified atom stereocenters. The van der Waals surface area contributed by atoms with Crippen LogP contribution in [0.2, 0.25) is 0 Å². The molecule has 1 aromatic rings. The number of benzene rings is 1. The van der Waals surface area contributed by atoms with E-state index in [1.807, 2.05) is 0 Å². The average Bonchev–Trinajstić information content (AvgIpc) is 4.12. The predicted molar refractivity (Wildman–Crippen MR) is 292 cm³/mol. The van der Waals surface area contributed by atoms with Crippen LogP contribution in [-0.2, 0) is 68.7 Å². The van der Waals surface area contributed by atoms with Crippen molar-refractivity contribution < 1.29 is 67.4 Å². The van der Waals surface area contributed by atoms with E-state index in [4.69, 9.17) is 10.5 Å². The first-order chi connectivity index (χ1) is 37.7. The smallest absolute Gasteiger partial charge is 0.329 e. The highest BCUT2D eigenvalue weighted by atomic mass is 16.6. The lowest BCUT2D eigenvalue weighted by molar-refractivity contribution is -0.167. The summed E-state index contributed by atoms with van der Waals surface area (Å²) in [6, 6.07) is -1.63. The Morgan fingerprint density at radius 2 is 1.19 bits per heavy atom. The van der Waals surface area contributed by atoms with Crippen molar-refractivity contribution in [1.82, 2.24) is 45.8 Å². The number of carboxylic acid groups (broad SMARTS) is 1. The number of primary amides is 1. The maximum Gasteiger partial charge on any atom is 0.329 e. The molecule has 444 valence electrons. The summed E-state index contributed by atoms with van der Waals surface area (Å²) in [5.41, 5.74) is 6.19. The van der Waals surface area contributed by atoms with Crippen molar-refractivity contribution in [2.75, 3.05) is 40.8 Å². The molecule has 80 heavy (non-hydrogen) atoms. The van der Waals surface area contributed by atoms with Crippen LogP contribution in [-0.4, -0.2) is 196 Å². The number of cyclic esters (lactones) is 1. The fraction of sp³-hybridized carbons (Fsp3) is 0.679. The van der Waals surface area contributed by atoms with Crippen molar-refractivity contribution in [3.63, 3.8) is 0 Å². The second-order valence-electron chi connectivity index (χ2n) is 22.3. The summed E-state index contributed by atoms with van der Waals surface area (Å²) in [4.78, 5) is 175. The highest BCUT2D eigenvalue weighted by Crippen LogP contribution is 2.26. The molecule has 3 aliphatic heterocycles. The Morgan fingerprint density at radius 1 is 0.637 bits per heavy atom. The number of carbonyl (C=O) groups is 12. The van der Waals surface area contributed by atoms with Crippen LogP contribution < -0.4 is 27.0 Å². The summed E-state index contributed by atoms with van der Waals surface area (Å²) in [5, 5.41) is 20.8. The Kier molecular flexibility index (Phi) is 24.4. The number of carboxylic acids is 1. The largest absolute Gasteiger partial charge is 0.481 e. The molecule has 24 nitrogen and oxygen atoms in total. The summed E-state index contributed by atoms with van der Waals surface area (Å²) in [7, 11) is 3.95. The van der Waals surface area contributed by atoms with E-state index < -0.39 is 169 Å². The van der Waals surface area contributed by atoms with Gasteiger partial charge in [0, 0.05) is 59.4 Å². The van der Waals surface area contributed by atoms with Crippen LogP contribution >= 0.6 is 0 Å². The molecule has 3 aliphatic rings. The van der Waals surface area contributed by atoms with Crippen molar-refractivity contribution in [1.29, 1.82) is 0 Å². The molecule has 0 aliphatic carbocycles. The van der Waals surface area contributed by atoms with Gasteiger partial charge in [-0.1, -0.05) is 92.1 Å². The van der Waals surface area contributed by atoms with Gasteiger partial charge in [0.15, 0.2) is 6.10 Å². The summed E-state index contributed by atoms with van der Waals surface area (Å²) in [6.07, 6.45) is -1.55. The standard InChI is InChI=1S/C56H86N10O14/c1-12-33(7)45-54(77)66-28-18-22-39(66)50(73)60-44(31(3)4)53(76)63(10)40(24-26-43(69)70)56(79)80-47(34(8)13-2)51(74)59-36(29-35-19-15-14-16-20-35)52(75)65-27-17-21-38(65)48(71)58-30-42(68)64(11)46(32(5)6)55(78)62(9)37(49(72)61-45)23-25-41(57)67/h14-16,19-20,31-34,36-40,44-47H,12-13,17-18,21-30H2,1-11H3,(H2,57,67)(H,58,71)(H,59,74)(H,60,73)(H,61,72)(H,69,70)/t33-,34-,36+,37+,38+,39-,40+,44+,45+,46+,47+/m1/s1. The number of hydrogen-bond acceptors (Lipinski definition) is 13. The highest BCUT2D eigenvalue weighted by Gasteiger charge is 2.45. The zero-order chi connectivity index (χ0) is 59.9. The van der Waals surface area contributed by atoms with Gasteiger partial charge in [0.1, 0.15) is 48.3 Å². The third-order valence-electron chi connectivity index (χ3n) is 15.9. The van der Waals surface area contributed by atoms with Crippen molar-refractivity contribution in [2.45, 2.75) is 180 Å². The number of ether oxygens (including phenoxy) is 1. The van der Waals surface area contributed by atoms with E-state index in [9.17, 15) is 62.6 Å². The lowest BCUT2D eigenvalue weighted by atomic mass is 9.95. The van der Waals surface area contributed by atoms with Crippen LogP contribution in [0.1, 0.15) is 125 Å². The number of fused-ring (bicyclic) bond motifs is 2. The van der Waals surface area contributed by atoms with Crippen molar-refractivity contribution in [3.05, 3.63) is 35.9 Å². The first-order valence-electron chi connectivity index (χ1n) is 28.0. The minimum Gasteiger partial charge on any atom is -0.481 e. The number of nitrogens with two attached hydrogens (primary N) is 1. The van der Waals surface area contributed by atoms with Crippen molar-refractivity contribution in [3.8, 4) is 0 Å². The third kappa shape index (κ3) is 16.7. The average molecular weight is 1120 g/mol. The Hall–Kier alpha value is -7.14. The lowest BCUT2D eigenvalue weighted by Gasteiger charge is -2.37. The fourth-order valence-electron chi connectivity index (χ4n) is 10.5. The number of nitrogens with one attached hydrogen (secondary N) is 4. The molecule has 0 bridgehead atoms. The summed E-state index contributed by atoms with van der Waals surface area (Å²) in [6.45, 7) is 13.1. The van der Waals surface area contributed by atoms with Crippen LogP contribution in [0, 0.1) is 23.7 Å². The van der Waals surface area contributed by atoms with Gasteiger partial charge in [0.25, 0.3) is 5.91 Å². The van der Waals surface area contributed by atoms with E-state index in [-0.39, 0.29) is 51.6 Å². The molecule has 3 fully saturated rings. The molecule has 0 aromatic heterocycles. The van der Waals surface area contributed by atoms with Crippen molar-refractivity contribution in [2.24, 2.45) is 29.4 Å².